The van der Waals surface area contributed by atoms with Crippen LogP contribution in [-0.4, -0.2) is 27.8 Å². The van der Waals surface area contributed by atoms with E-state index in [1.54, 1.807) is 0 Å². The Morgan fingerprint density at radius 3 is 2.83 bits per heavy atom. The van der Waals surface area contributed by atoms with Crippen molar-refractivity contribution in [1.82, 2.24) is 4.90 Å². The van der Waals surface area contributed by atoms with Crippen LogP contribution in [0.4, 0.5) is 0 Å². The topological polar surface area (TPSA) is 84.7 Å². The second-order valence-corrected chi connectivity index (χ2v) is 5.69. The van der Waals surface area contributed by atoms with E-state index < -0.39 is 0 Å². The molecule has 1 saturated carbocycles. The molecule has 4 N–H and O–H groups in total. The first-order chi connectivity index (χ1) is 8.72. The molecule has 0 bridgehead atoms. The fraction of sp³-hybridized carbons (Fsp3) is 0.667. The van der Waals surface area contributed by atoms with E-state index in [0.29, 0.717) is 11.8 Å². The number of hydrogen-bond acceptors (Lipinski definition) is 4. The number of allylic oxidation sites excluding steroid dienone is 2. The highest BCUT2D eigenvalue weighted by atomic mass is 32.2. The smallest absolute Gasteiger partial charge is 0.237 e. The zero-order valence-corrected chi connectivity index (χ0v) is 11.3. The van der Waals surface area contributed by atoms with Gasteiger partial charge in [-0.1, -0.05) is 17.8 Å². The van der Waals surface area contributed by atoms with Gasteiger partial charge < -0.3 is 16.5 Å². The second kappa shape index (κ2) is 6.13. The van der Waals surface area contributed by atoms with Gasteiger partial charge in [0.05, 0.1) is 5.75 Å². The first-order valence-electron chi connectivity index (χ1n) is 6.39. The fourth-order valence-electron chi connectivity index (χ4n) is 2.21. The van der Waals surface area contributed by atoms with E-state index in [1.165, 1.54) is 30.3 Å². The molecule has 100 valence electrons. The van der Waals surface area contributed by atoms with Crippen LogP contribution in [0.3, 0.4) is 0 Å². The molecule has 1 fully saturated rings. The Bertz CT molecular complexity index is 376. The lowest BCUT2D eigenvalue weighted by atomic mass is 10.0. The van der Waals surface area contributed by atoms with E-state index in [4.69, 9.17) is 11.6 Å². The number of amidine groups is 1. The van der Waals surface area contributed by atoms with Crippen molar-refractivity contribution >= 4 is 22.8 Å². The maximum Gasteiger partial charge on any atom is 0.237 e. The number of amides is 1. The van der Waals surface area contributed by atoms with Crippen LogP contribution in [0.25, 0.3) is 0 Å². The predicted molar refractivity (Wildman–Crippen MR) is 74.7 cm³/mol. The van der Waals surface area contributed by atoms with E-state index >= 15 is 0 Å². The summed E-state index contributed by atoms with van der Waals surface area (Å²) in [5, 5.41) is 3.63. The molecule has 0 atom stereocenters. The molecular weight excluding hydrogens is 248 g/mol. The van der Waals surface area contributed by atoms with E-state index in [1.807, 2.05) is 4.90 Å². The van der Waals surface area contributed by atoms with Crippen LogP contribution in [0.15, 0.2) is 16.9 Å². The molecule has 0 aromatic heterocycles. The number of rotatable bonds is 4. The molecule has 2 aliphatic rings. The molecule has 1 amide bonds. The van der Waals surface area contributed by atoms with E-state index in [9.17, 15) is 4.79 Å². The summed E-state index contributed by atoms with van der Waals surface area (Å²) >= 11 is 1.21. The highest BCUT2D eigenvalue weighted by Crippen LogP contribution is 2.34. The third kappa shape index (κ3) is 3.41. The van der Waals surface area contributed by atoms with Gasteiger partial charge in [0.2, 0.25) is 5.91 Å². The van der Waals surface area contributed by atoms with Gasteiger partial charge in [-0.05, 0) is 38.5 Å². The summed E-state index contributed by atoms with van der Waals surface area (Å²) in [4.78, 5) is 14.2. The average molecular weight is 268 g/mol. The van der Waals surface area contributed by atoms with Gasteiger partial charge in [0.15, 0.2) is 5.17 Å². The van der Waals surface area contributed by atoms with Gasteiger partial charge in [-0.15, -0.1) is 0 Å². The average Bonchev–Trinajstić information content (AvgIpc) is 3.22. The van der Waals surface area contributed by atoms with Gasteiger partial charge in [0.25, 0.3) is 0 Å². The quantitative estimate of drug-likeness (QED) is 0.349. The summed E-state index contributed by atoms with van der Waals surface area (Å²) in [6.45, 7) is 0. The number of nitrogens with zero attached hydrogens (tertiary/aromatic N) is 2. The van der Waals surface area contributed by atoms with Crippen molar-refractivity contribution in [2.75, 3.05) is 5.75 Å². The first kappa shape index (κ1) is 13.3. The maximum absolute atomic E-state index is 12.3. The van der Waals surface area contributed by atoms with Crippen LogP contribution < -0.4 is 11.6 Å². The van der Waals surface area contributed by atoms with Crippen LogP contribution in [0, 0.1) is 0 Å². The highest BCUT2D eigenvalue weighted by molar-refractivity contribution is 8.14. The Balaban J connectivity index is 1.96. The molecule has 0 unspecified atom stereocenters. The fourth-order valence-corrected chi connectivity index (χ4v) is 2.70. The van der Waals surface area contributed by atoms with Gasteiger partial charge >= 0.3 is 0 Å². The molecule has 0 aromatic rings. The zero-order chi connectivity index (χ0) is 13.0. The van der Waals surface area contributed by atoms with Gasteiger partial charge in [0, 0.05) is 11.7 Å². The van der Waals surface area contributed by atoms with E-state index in [2.05, 4.69) is 11.2 Å². The summed E-state index contributed by atoms with van der Waals surface area (Å²) in [5.41, 5.74) is 6.70. The lowest BCUT2D eigenvalue weighted by Gasteiger charge is -2.27. The van der Waals surface area contributed by atoms with E-state index in [-0.39, 0.29) is 11.1 Å². The molecule has 0 radical (unpaired) electrons. The minimum absolute atomic E-state index is 0.127. The normalized spacial score (nSPS) is 20.4. The summed E-state index contributed by atoms with van der Waals surface area (Å²) in [6, 6.07) is 0.415. The van der Waals surface area contributed by atoms with Crippen LogP contribution in [0.2, 0.25) is 0 Å². The minimum Gasteiger partial charge on any atom is -0.377 e. The second-order valence-electron chi connectivity index (χ2n) is 4.69. The summed E-state index contributed by atoms with van der Waals surface area (Å²) in [5.74, 6) is 5.50. The summed E-state index contributed by atoms with van der Waals surface area (Å²) < 4.78 is 0. The molecule has 18 heavy (non-hydrogen) atoms. The van der Waals surface area contributed by atoms with Crippen molar-refractivity contribution in [2.45, 2.75) is 44.6 Å². The standard InChI is InChI=1S/C12H20N4OS/c13-12(15-14)18-8-11(17)16(10-6-7-10)9-4-2-1-3-5-9/h4,10H,1-3,5-8,14H2,(H2,13,15). The molecule has 0 heterocycles. The molecular formula is C12H20N4OS. The van der Waals surface area contributed by atoms with Gasteiger partial charge in [-0.25, -0.2) is 0 Å². The minimum atomic E-state index is 0.127. The molecule has 0 spiro atoms. The number of carbonyl (C=O) groups excluding carboxylic acids is 1. The van der Waals surface area contributed by atoms with Gasteiger partial charge in [-0.2, -0.15) is 5.10 Å². The van der Waals surface area contributed by atoms with Crippen LogP contribution >= 0.6 is 11.8 Å². The summed E-state index contributed by atoms with van der Waals surface area (Å²) in [7, 11) is 0. The van der Waals surface area contributed by atoms with E-state index in [0.717, 1.165) is 25.7 Å². The Morgan fingerprint density at radius 2 is 2.28 bits per heavy atom. The van der Waals surface area contributed by atoms with Crippen LogP contribution in [-0.2, 0) is 4.79 Å². The lowest BCUT2D eigenvalue weighted by molar-refractivity contribution is -0.127. The van der Waals surface area contributed by atoms with Crippen molar-refractivity contribution in [3.05, 3.63) is 11.8 Å². The third-order valence-corrected chi connectivity index (χ3v) is 4.02. The Labute approximate surface area is 112 Å². The zero-order valence-electron chi connectivity index (χ0n) is 10.5. The first-order valence-corrected chi connectivity index (χ1v) is 7.38. The molecule has 0 aliphatic heterocycles. The number of nitrogens with two attached hydrogens (primary N) is 2. The maximum atomic E-state index is 12.3. The molecule has 6 heteroatoms. The van der Waals surface area contributed by atoms with Crippen molar-refractivity contribution in [3.8, 4) is 0 Å². The Hall–Kier alpha value is -1.17. The van der Waals surface area contributed by atoms with Crippen molar-refractivity contribution in [2.24, 2.45) is 16.7 Å². The SMILES string of the molecule is NN=C(N)SCC(=O)N(C1=CCCCC1)C1CC1. The molecule has 2 aliphatic carbocycles. The summed E-state index contributed by atoms with van der Waals surface area (Å²) in [6.07, 6.45) is 8.98. The van der Waals surface area contributed by atoms with Crippen molar-refractivity contribution < 1.29 is 4.79 Å². The van der Waals surface area contributed by atoms with Crippen LogP contribution in [0.5, 0.6) is 0 Å². The molecule has 2 rings (SSSR count). The lowest BCUT2D eigenvalue weighted by Crippen LogP contribution is -2.35. The monoisotopic (exact) mass is 268 g/mol. The largest absolute Gasteiger partial charge is 0.377 e. The number of thioether (sulfide) groups is 1. The van der Waals surface area contributed by atoms with Crippen LogP contribution in [0.1, 0.15) is 38.5 Å². The van der Waals surface area contributed by atoms with Gasteiger partial charge in [-0.3, -0.25) is 4.79 Å². The van der Waals surface area contributed by atoms with Crippen molar-refractivity contribution in [1.29, 1.82) is 0 Å². The molecule has 5 nitrogen and oxygen atoms in total. The number of hydrogen-bond donors (Lipinski definition) is 2. The third-order valence-electron chi connectivity index (χ3n) is 3.23. The van der Waals surface area contributed by atoms with Crippen molar-refractivity contribution in [3.63, 3.8) is 0 Å². The van der Waals surface area contributed by atoms with Gasteiger partial charge in [0.1, 0.15) is 0 Å². The number of hydrazone groups is 1. The highest BCUT2D eigenvalue weighted by Gasteiger charge is 2.34. The molecule has 0 saturated heterocycles. The number of carbonyl (C=O) groups is 1. The molecule has 0 aromatic carbocycles. The predicted octanol–water partition coefficient (Wildman–Crippen LogP) is 1.36. The Morgan fingerprint density at radius 1 is 1.50 bits per heavy atom. The Kier molecular flexibility index (Phi) is 4.52.